The fraction of sp³-hybridized carbons (Fsp3) is 0.462. The molecule has 0 atom stereocenters. The average Bonchev–Trinajstić information content (AvgIpc) is 2.83. The van der Waals surface area contributed by atoms with Crippen molar-refractivity contribution in [2.45, 2.75) is 32.2 Å². The van der Waals surface area contributed by atoms with Crippen LogP contribution in [0.2, 0.25) is 0 Å². The van der Waals surface area contributed by atoms with Gasteiger partial charge in [-0.3, -0.25) is 9.97 Å². The summed E-state index contributed by atoms with van der Waals surface area (Å²) < 4.78 is 2.10. The van der Waals surface area contributed by atoms with Gasteiger partial charge in [-0.25, -0.2) is 4.98 Å². The number of imidazole rings is 1. The Bertz CT molecular complexity index is 455. The van der Waals surface area contributed by atoms with Crippen LogP contribution in [0.5, 0.6) is 0 Å². The van der Waals surface area contributed by atoms with Crippen molar-refractivity contribution in [3.05, 3.63) is 42.5 Å². The Morgan fingerprint density at radius 2 is 2.00 bits per heavy atom. The Balaban J connectivity index is 1.91. The van der Waals surface area contributed by atoms with E-state index in [9.17, 15) is 0 Å². The normalized spacial score (nSPS) is 10.7. The zero-order chi connectivity index (χ0) is 12.6. The molecule has 0 saturated heterocycles. The largest absolute Gasteiger partial charge is 0.396 e. The van der Waals surface area contributed by atoms with Crippen molar-refractivity contribution in [3.8, 4) is 0 Å². The minimum Gasteiger partial charge on any atom is -0.396 e. The molecule has 96 valence electrons. The van der Waals surface area contributed by atoms with Crippen LogP contribution in [-0.4, -0.2) is 31.2 Å². The zero-order valence-corrected chi connectivity index (χ0v) is 10.4. The van der Waals surface area contributed by atoms with Crippen molar-refractivity contribution in [1.29, 1.82) is 0 Å². The van der Waals surface area contributed by atoms with Gasteiger partial charge in [-0.2, -0.15) is 0 Å². The lowest BCUT2D eigenvalue weighted by Crippen LogP contribution is -2.05. The molecule has 5 nitrogen and oxygen atoms in total. The zero-order valence-electron chi connectivity index (χ0n) is 10.4. The molecule has 0 aromatic carbocycles. The molecule has 2 aromatic heterocycles. The highest BCUT2D eigenvalue weighted by Crippen LogP contribution is 2.08. The van der Waals surface area contributed by atoms with Gasteiger partial charge in [0.05, 0.1) is 24.8 Å². The first-order valence-electron chi connectivity index (χ1n) is 6.25. The number of aromatic nitrogens is 4. The standard InChI is InChI=1S/C13H18N4O/c18-7-3-1-2-4-13-9-15-11-17(13)10-12-8-14-5-6-16-12/h5-6,8-9,11,18H,1-4,7,10H2. The summed E-state index contributed by atoms with van der Waals surface area (Å²) in [7, 11) is 0. The first kappa shape index (κ1) is 12.7. The van der Waals surface area contributed by atoms with Crippen LogP contribution in [0.4, 0.5) is 0 Å². The minimum absolute atomic E-state index is 0.277. The molecule has 18 heavy (non-hydrogen) atoms. The topological polar surface area (TPSA) is 63.8 Å². The first-order chi connectivity index (χ1) is 8.90. The van der Waals surface area contributed by atoms with E-state index < -0.39 is 0 Å². The molecule has 0 aliphatic carbocycles. The summed E-state index contributed by atoms with van der Waals surface area (Å²) in [6.45, 7) is 0.988. The molecule has 0 spiro atoms. The van der Waals surface area contributed by atoms with Crippen molar-refractivity contribution < 1.29 is 5.11 Å². The van der Waals surface area contributed by atoms with Crippen molar-refractivity contribution in [2.75, 3.05) is 6.61 Å². The van der Waals surface area contributed by atoms with E-state index in [4.69, 9.17) is 5.11 Å². The third-order valence-corrected chi connectivity index (χ3v) is 2.84. The summed E-state index contributed by atoms with van der Waals surface area (Å²) >= 11 is 0. The van der Waals surface area contributed by atoms with E-state index in [0.717, 1.165) is 31.4 Å². The maximum atomic E-state index is 8.74. The smallest absolute Gasteiger partial charge is 0.0951 e. The highest BCUT2D eigenvalue weighted by Gasteiger charge is 2.03. The van der Waals surface area contributed by atoms with Gasteiger partial charge < -0.3 is 9.67 Å². The Kier molecular flexibility index (Phi) is 4.84. The molecule has 0 bridgehead atoms. The molecule has 0 aliphatic rings. The summed E-state index contributed by atoms with van der Waals surface area (Å²) in [4.78, 5) is 12.5. The fourth-order valence-electron chi connectivity index (χ4n) is 1.88. The lowest BCUT2D eigenvalue weighted by atomic mass is 10.1. The third kappa shape index (κ3) is 3.63. The van der Waals surface area contributed by atoms with Crippen molar-refractivity contribution >= 4 is 0 Å². The summed E-state index contributed by atoms with van der Waals surface area (Å²) in [5.41, 5.74) is 2.14. The quantitative estimate of drug-likeness (QED) is 0.751. The van der Waals surface area contributed by atoms with Crippen LogP contribution in [0.25, 0.3) is 0 Å². The number of unbranched alkanes of at least 4 members (excludes halogenated alkanes) is 2. The van der Waals surface area contributed by atoms with Crippen LogP contribution < -0.4 is 0 Å². The maximum Gasteiger partial charge on any atom is 0.0951 e. The summed E-state index contributed by atoms with van der Waals surface area (Å²) in [6, 6.07) is 0. The molecule has 5 heteroatoms. The van der Waals surface area contributed by atoms with Gasteiger partial charge in [0, 0.05) is 30.9 Å². The summed E-state index contributed by atoms with van der Waals surface area (Å²) in [5, 5.41) is 8.74. The SMILES string of the molecule is OCCCCCc1cncn1Cc1cnccn1. The van der Waals surface area contributed by atoms with E-state index in [-0.39, 0.29) is 6.61 Å². The molecule has 1 N–H and O–H groups in total. The first-order valence-corrected chi connectivity index (χ1v) is 6.25. The van der Waals surface area contributed by atoms with Gasteiger partial charge in [-0.05, 0) is 19.3 Å². The number of aliphatic hydroxyl groups is 1. The molecule has 0 unspecified atom stereocenters. The van der Waals surface area contributed by atoms with E-state index in [2.05, 4.69) is 19.5 Å². The highest BCUT2D eigenvalue weighted by molar-refractivity contribution is 5.03. The number of hydrogen-bond donors (Lipinski definition) is 1. The second-order valence-corrected chi connectivity index (χ2v) is 4.24. The Hall–Kier alpha value is -1.75. The van der Waals surface area contributed by atoms with Gasteiger partial charge in [-0.1, -0.05) is 6.42 Å². The summed E-state index contributed by atoms with van der Waals surface area (Å²) in [6.07, 6.45) is 12.9. The molecule has 0 fully saturated rings. The number of aryl methyl sites for hydroxylation is 1. The van der Waals surface area contributed by atoms with Crippen molar-refractivity contribution in [2.24, 2.45) is 0 Å². The van der Waals surface area contributed by atoms with Gasteiger partial charge in [0.2, 0.25) is 0 Å². The summed E-state index contributed by atoms with van der Waals surface area (Å²) in [5.74, 6) is 0. The van der Waals surface area contributed by atoms with Crippen LogP contribution in [-0.2, 0) is 13.0 Å². The predicted molar refractivity (Wildman–Crippen MR) is 68.0 cm³/mol. The molecule has 0 amide bonds. The Morgan fingerprint density at radius 1 is 1.06 bits per heavy atom. The van der Waals surface area contributed by atoms with Crippen LogP contribution in [0.15, 0.2) is 31.1 Å². The lowest BCUT2D eigenvalue weighted by Gasteiger charge is -2.07. The van der Waals surface area contributed by atoms with Crippen molar-refractivity contribution in [3.63, 3.8) is 0 Å². The van der Waals surface area contributed by atoms with Gasteiger partial charge in [0.1, 0.15) is 0 Å². The van der Waals surface area contributed by atoms with Gasteiger partial charge in [-0.15, -0.1) is 0 Å². The number of aliphatic hydroxyl groups excluding tert-OH is 1. The second kappa shape index (κ2) is 6.86. The van der Waals surface area contributed by atoms with Gasteiger partial charge in [0.15, 0.2) is 0 Å². The van der Waals surface area contributed by atoms with Crippen LogP contribution in [0, 0.1) is 0 Å². The minimum atomic E-state index is 0.277. The second-order valence-electron chi connectivity index (χ2n) is 4.24. The van der Waals surface area contributed by atoms with E-state index in [0.29, 0.717) is 6.54 Å². The van der Waals surface area contributed by atoms with Crippen LogP contribution in [0.1, 0.15) is 30.7 Å². The van der Waals surface area contributed by atoms with E-state index in [1.807, 2.05) is 12.5 Å². The number of nitrogens with zero attached hydrogens (tertiary/aromatic N) is 4. The molecule has 0 radical (unpaired) electrons. The molecule has 2 aromatic rings. The van der Waals surface area contributed by atoms with E-state index in [1.165, 1.54) is 5.69 Å². The average molecular weight is 246 g/mol. The predicted octanol–water partition coefficient (Wildman–Crippen LogP) is 1.43. The lowest BCUT2D eigenvalue weighted by molar-refractivity contribution is 0.283. The fourth-order valence-corrected chi connectivity index (χ4v) is 1.88. The van der Waals surface area contributed by atoms with E-state index >= 15 is 0 Å². The molecule has 0 aliphatic heterocycles. The molecular weight excluding hydrogens is 228 g/mol. The van der Waals surface area contributed by atoms with Crippen LogP contribution in [0.3, 0.4) is 0 Å². The highest BCUT2D eigenvalue weighted by atomic mass is 16.2. The van der Waals surface area contributed by atoms with Gasteiger partial charge >= 0.3 is 0 Å². The van der Waals surface area contributed by atoms with Crippen LogP contribution >= 0.6 is 0 Å². The van der Waals surface area contributed by atoms with Gasteiger partial charge in [0.25, 0.3) is 0 Å². The molecule has 0 saturated carbocycles. The Morgan fingerprint density at radius 3 is 2.78 bits per heavy atom. The molecule has 2 heterocycles. The number of hydrogen-bond acceptors (Lipinski definition) is 4. The molecule has 2 rings (SSSR count). The number of rotatable bonds is 7. The third-order valence-electron chi connectivity index (χ3n) is 2.84. The van der Waals surface area contributed by atoms with Crippen molar-refractivity contribution in [1.82, 2.24) is 19.5 Å². The maximum absolute atomic E-state index is 8.74. The van der Waals surface area contributed by atoms with E-state index in [1.54, 1.807) is 18.6 Å². The monoisotopic (exact) mass is 246 g/mol. The molecular formula is C13H18N4O. The Labute approximate surface area is 107 Å².